The Kier molecular flexibility index (Phi) is 2.33. The van der Waals surface area contributed by atoms with E-state index in [0.717, 1.165) is 5.56 Å². The summed E-state index contributed by atoms with van der Waals surface area (Å²) in [6, 6.07) is 3.51. The first-order valence-corrected chi connectivity index (χ1v) is 4.63. The predicted octanol–water partition coefficient (Wildman–Crippen LogP) is 1.35. The second-order valence-corrected chi connectivity index (χ2v) is 3.45. The molecule has 4 nitrogen and oxygen atoms in total. The van der Waals surface area contributed by atoms with Crippen LogP contribution < -0.4 is 0 Å². The van der Waals surface area contributed by atoms with E-state index in [-0.39, 0.29) is 5.78 Å². The largest absolute Gasteiger partial charge is 0.287 e. The fraction of sp³-hybridized carbons (Fsp3) is 0.182. The Balaban J connectivity index is 2.36. The van der Waals surface area contributed by atoms with Crippen LogP contribution in [0.3, 0.4) is 0 Å². The van der Waals surface area contributed by atoms with Gasteiger partial charge in [-0.15, -0.1) is 0 Å². The summed E-state index contributed by atoms with van der Waals surface area (Å²) in [5.41, 5.74) is 2.00. The number of hydrogen-bond acceptors (Lipinski definition) is 3. The molecule has 2 rings (SSSR count). The van der Waals surface area contributed by atoms with Gasteiger partial charge in [-0.2, -0.15) is 5.10 Å². The number of aromatic nitrogens is 3. The highest BCUT2D eigenvalue weighted by Gasteiger charge is 2.11. The van der Waals surface area contributed by atoms with E-state index in [1.807, 2.05) is 13.0 Å². The van der Waals surface area contributed by atoms with Crippen LogP contribution in [0, 0.1) is 6.92 Å². The maximum atomic E-state index is 11.9. The molecule has 0 saturated carbocycles. The van der Waals surface area contributed by atoms with Crippen molar-refractivity contribution in [3.8, 4) is 0 Å². The van der Waals surface area contributed by atoms with E-state index in [4.69, 9.17) is 0 Å². The highest BCUT2D eigenvalue weighted by molar-refractivity contribution is 6.07. The Morgan fingerprint density at radius 3 is 2.80 bits per heavy atom. The lowest BCUT2D eigenvalue weighted by molar-refractivity contribution is 0.103. The summed E-state index contributed by atoms with van der Waals surface area (Å²) in [5, 5.41) is 4.06. The van der Waals surface area contributed by atoms with Crippen molar-refractivity contribution in [3.63, 3.8) is 0 Å². The van der Waals surface area contributed by atoms with Gasteiger partial charge in [0.2, 0.25) is 5.78 Å². The quantitative estimate of drug-likeness (QED) is 0.689. The molecule has 0 aliphatic rings. The zero-order valence-electron chi connectivity index (χ0n) is 8.64. The van der Waals surface area contributed by atoms with Crippen molar-refractivity contribution in [1.82, 2.24) is 14.8 Å². The number of rotatable bonds is 2. The Morgan fingerprint density at radius 2 is 2.20 bits per heavy atom. The number of hydrogen-bond donors (Lipinski definition) is 0. The van der Waals surface area contributed by atoms with Gasteiger partial charge < -0.3 is 0 Å². The minimum Gasteiger partial charge on any atom is -0.287 e. The molecule has 0 aliphatic heterocycles. The first-order valence-electron chi connectivity index (χ1n) is 4.63. The van der Waals surface area contributed by atoms with Crippen molar-refractivity contribution in [2.75, 3.05) is 0 Å². The lowest BCUT2D eigenvalue weighted by Crippen LogP contribution is -2.04. The van der Waals surface area contributed by atoms with Gasteiger partial charge in [-0.05, 0) is 24.6 Å². The third-order valence-corrected chi connectivity index (χ3v) is 2.08. The Bertz CT molecular complexity index is 502. The molecule has 76 valence electrons. The van der Waals surface area contributed by atoms with Gasteiger partial charge in [0.25, 0.3) is 0 Å². The van der Waals surface area contributed by atoms with Crippen molar-refractivity contribution in [2.45, 2.75) is 6.92 Å². The van der Waals surface area contributed by atoms with Gasteiger partial charge in [0.1, 0.15) is 5.69 Å². The summed E-state index contributed by atoms with van der Waals surface area (Å²) in [7, 11) is 1.78. The summed E-state index contributed by atoms with van der Waals surface area (Å²) in [5.74, 6) is -0.0909. The van der Waals surface area contributed by atoms with Crippen LogP contribution in [0.5, 0.6) is 0 Å². The molecule has 0 spiro atoms. The van der Waals surface area contributed by atoms with Gasteiger partial charge in [-0.25, -0.2) is 0 Å². The van der Waals surface area contributed by atoms with E-state index in [1.54, 1.807) is 36.4 Å². The molecule has 0 radical (unpaired) electrons. The van der Waals surface area contributed by atoms with Crippen LogP contribution in [-0.2, 0) is 7.05 Å². The highest BCUT2D eigenvalue weighted by Crippen LogP contribution is 2.07. The van der Waals surface area contributed by atoms with Gasteiger partial charge in [-0.1, -0.05) is 0 Å². The predicted molar refractivity (Wildman–Crippen MR) is 55.6 cm³/mol. The van der Waals surface area contributed by atoms with Crippen LogP contribution in [0.25, 0.3) is 0 Å². The molecule has 0 fully saturated rings. The molecule has 2 aromatic heterocycles. The van der Waals surface area contributed by atoms with Gasteiger partial charge in [-0.3, -0.25) is 14.5 Å². The molecule has 2 heterocycles. The Morgan fingerprint density at radius 1 is 1.40 bits per heavy atom. The molecule has 2 aromatic rings. The van der Waals surface area contributed by atoms with Crippen LogP contribution in [0.1, 0.15) is 21.6 Å². The maximum absolute atomic E-state index is 11.9. The van der Waals surface area contributed by atoms with Crippen molar-refractivity contribution in [1.29, 1.82) is 0 Å². The van der Waals surface area contributed by atoms with E-state index >= 15 is 0 Å². The number of nitrogens with zero attached hydrogens (tertiary/aromatic N) is 3. The Labute approximate surface area is 87.6 Å². The second-order valence-electron chi connectivity index (χ2n) is 3.45. The van der Waals surface area contributed by atoms with E-state index in [1.165, 1.54) is 0 Å². The van der Waals surface area contributed by atoms with Crippen molar-refractivity contribution in [3.05, 3.63) is 47.5 Å². The number of carbonyl (C=O) groups is 1. The molecule has 0 amide bonds. The number of aryl methyl sites for hydroxylation is 2. The summed E-state index contributed by atoms with van der Waals surface area (Å²) in [6.45, 7) is 1.90. The minimum absolute atomic E-state index is 0.0909. The van der Waals surface area contributed by atoms with E-state index in [9.17, 15) is 4.79 Å². The smallest absolute Gasteiger partial charge is 0.214 e. The number of carbonyl (C=O) groups excluding carboxylic acids is 1. The maximum Gasteiger partial charge on any atom is 0.214 e. The second kappa shape index (κ2) is 3.65. The molecule has 0 bridgehead atoms. The molecule has 0 N–H and O–H groups in total. The van der Waals surface area contributed by atoms with Crippen molar-refractivity contribution in [2.24, 2.45) is 7.05 Å². The standard InChI is InChI=1S/C11H11N3O/c1-8-5-9(7-12-6-8)11(15)10-3-4-14(2)13-10/h3-7H,1-2H3. The van der Waals surface area contributed by atoms with Gasteiger partial charge in [0, 0.05) is 31.2 Å². The normalized spacial score (nSPS) is 10.3. The van der Waals surface area contributed by atoms with Crippen LogP contribution in [0.15, 0.2) is 30.7 Å². The lowest BCUT2D eigenvalue weighted by atomic mass is 10.1. The number of ketones is 1. The van der Waals surface area contributed by atoms with E-state index in [0.29, 0.717) is 11.3 Å². The number of pyridine rings is 1. The monoisotopic (exact) mass is 201 g/mol. The Hall–Kier alpha value is -1.97. The first kappa shape index (κ1) is 9.58. The molecule has 4 heteroatoms. The lowest BCUT2D eigenvalue weighted by Gasteiger charge is -1.97. The SMILES string of the molecule is Cc1cncc(C(=O)c2ccn(C)n2)c1. The topological polar surface area (TPSA) is 47.8 Å². The minimum atomic E-state index is -0.0909. The summed E-state index contributed by atoms with van der Waals surface area (Å²) < 4.78 is 1.61. The summed E-state index contributed by atoms with van der Waals surface area (Å²) >= 11 is 0. The van der Waals surface area contributed by atoms with Crippen molar-refractivity contribution < 1.29 is 4.79 Å². The molecule has 15 heavy (non-hydrogen) atoms. The van der Waals surface area contributed by atoms with Crippen LogP contribution >= 0.6 is 0 Å². The summed E-state index contributed by atoms with van der Waals surface area (Å²) in [4.78, 5) is 15.9. The molecule has 0 aliphatic carbocycles. The molecule has 0 aromatic carbocycles. The average molecular weight is 201 g/mol. The zero-order valence-corrected chi connectivity index (χ0v) is 8.64. The van der Waals surface area contributed by atoms with Crippen LogP contribution in [0.4, 0.5) is 0 Å². The molecule has 0 atom stereocenters. The molecule has 0 saturated heterocycles. The summed E-state index contributed by atoms with van der Waals surface area (Å²) in [6.07, 6.45) is 5.02. The van der Waals surface area contributed by atoms with Crippen LogP contribution in [0.2, 0.25) is 0 Å². The third kappa shape index (κ3) is 1.93. The van der Waals surface area contributed by atoms with E-state index in [2.05, 4.69) is 10.1 Å². The fourth-order valence-corrected chi connectivity index (χ4v) is 1.36. The third-order valence-electron chi connectivity index (χ3n) is 2.08. The molecular weight excluding hydrogens is 190 g/mol. The highest BCUT2D eigenvalue weighted by atomic mass is 16.1. The zero-order chi connectivity index (χ0) is 10.8. The molecular formula is C11H11N3O. The van der Waals surface area contributed by atoms with E-state index < -0.39 is 0 Å². The van der Waals surface area contributed by atoms with Gasteiger partial charge in [0.15, 0.2) is 0 Å². The van der Waals surface area contributed by atoms with Crippen LogP contribution in [-0.4, -0.2) is 20.5 Å². The average Bonchev–Trinajstić information content (AvgIpc) is 2.64. The van der Waals surface area contributed by atoms with Gasteiger partial charge in [0.05, 0.1) is 0 Å². The first-order chi connectivity index (χ1) is 7.16. The van der Waals surface area contributed by atoms with Crippen molar-refractivity contribution >= 4 is 5.78 Å². The molecule has 0 unspecified atom stereocenters. The van der Waals surface area contributed by atoms with Gasteiger partial charge >= 0.3 is 0 Å². The fourth-order valence-electron chi connectivity index (χ4n) is 1.36.